The zero-order valence-corrected chi connectivity index (χ0v) is 15.3. The molecule has 0 fully saturated rings. The second-order valence-electron chi connectivity index (χ2n) is 6.76. The highest BCUT2D eigenvalue weighted by atomic mass is 16.6. The van der Waals surface area contributed by atoms with Crippen molar-refractivity contribution in [1.29, 1.82) is 0 Å². The molecule has 146 valence electrons. The van der Waals surface area contributed by atoms with E-state index in [0.717, 1.165) is 5.39 Å². The van der Waals surface area contributed by atoms with Crippen LogP contribution in [0.4, 0.5) is 0 Å². The van der Waals surface area contributed by atoms with Gasteiger partial charge in [-0.3, -0.25) is 14.2 Å². The highest BCUT2D eigenvalue weighted by Gasteiger charge is 2.21. The van der Waals surface area contributed by atoms with Gasteiger partial charge in [-0.05, 0) is 24.3 Å². The third-order valence-electron chi connectivity index (χ3n) is 4.76. The summed E-state index contributed by atoms with van der Waals surface area (Å²) in [6, 6.07) is 14.7. The summed E-state index contributed by atoms with van der Waals surface area (Å²) < 4.78 is 18.3. The van der Waals surface area contributed by atoms with Crippen LogP contribution in [0.3, 0.4) is 0 Å². The maximum absolute atomic E-state index is 12.7. The third-order valence-corrected chi connectivity index (χ3v) is 4.76. The van der Waals surface area contributed by atoms with E-state index >= 15 is 0 Å². The van der Waals surface area contributed by atoms with Gasteiger partial charge >= 0.3 is 0 Å². The van der Waals surface area contributed by atoms with E-state index in [4.69, 9.17) is 13.9 Å². The fraction of sp³-hybridized carbons (Fsp3) is 0.190. The Kier molecular flexibility index (Phi) is 4.16. The number of nitrogens with zero attached hydrogens (tertiary/aromatic N) is 2. The Morgan fingerprint density at radius 2 is 1.93 bits per heavy atom. The number of hydrogen-bond donors (Lipinski definition) is 1. The SMILES string of the molecule is O=C(Cn1cnc2c(oc3ccccc32)c1=O)NCC1COc2ccccc2O1. The van der Waals surface area contributed by atoms with Crippen LogP contribution in [0.15, 0.2) is 64.1 Å². The molecule has 1 N–H and O–H groups in total. The lowest BCUT2D eigenvalue weighted by Gasteiger charge is -2.26. The fourth-order valence-electron chi connectivity index (χ4n) is 3.33. The van der Waals surface area contributed by atoms with Crippen molar-refractivity contribution >= 4 is 28.0 Å². The highest BCUT2D eigenvalue weighted by molar-refractivity contribution is 6.01. The molecule has 2 aromatic carbocycles. The van der Waals surface area contributed by atoms with Gasteiger partial charge in [0.2, 0.25) is 11.5 Å². The van der Waals surface area contributed by atoms with Crippen molar-refractivity contribution in [2.45, 2.75) is 12.6 Å². The van der Waals surface area contributed by atoms with Crippen LogP contribution < -0.4 is 20.3 Å². The van der Waals surface area contributed by atoms with Crippen LogP contribution in [0.2, 0.25) is 0 Å². The summed E-state index contributed by atoms with van der Waals surface area (Å²) in [7, 11) is 0. The number of fused-ring (bicyclic) bond motifs is 4. The van der Waals surface area contributed by atoms with E-state index in [0.29, 0.717) is 29.2 Å². The summed E-state index contributed by atoms with van der Waals surface area (Å²) in [5, 5.41) is 3.54. The molecular formula is C21H17N3O5. The quantitative estimate of drug-likeness (QED) is 0.572. The van der Waals surface area contributed by atoms with Crippen molar-refractivity contribution in [1.82, 2.24) is 14.9 Å². The van der Waals surface area contributed by atoms with Gasteiger partial charge in [-0.25, -0.2) is 4.98 Å². The molecule has 3 heterocycles. The Hall–Kier alpha value is -3.81. The molecule has 0 aliphatic carbocycles. The van der Waals surface area contributed by atoms with Crippen molar-refractivity contribution in [3.8, 4) is 11.5 Å². The maximum atomic E-state index is 12.7. The summed E-state index contributed by atoms with van der Waals surface area (Å²) in [5.41, 5.74) is 0.826. The number of furan rings is 1. The molecule has 8 nitrogen and oxygen atoms in total. The number of benzene rings is 2. The van der Waals surface area contributed by atoms with Gasteiger partial charge in [0.15, 0.2) is 11.5 Å². The van der Waals surface area contributed by atoms with Crippen LogP contribution in [-0.2, 0) is 11.3 Å². The van der Waals surface area contributed by atoms with Gasteiger partial charge in [0.25, 0.3) is 5.56 Å². The third kappa shape index (κ3) is 3.18. The first kappa shape index (κ1) is 17.3. The van der Waals surface area contributed by atoms with E-state index in [2.05, 4.69) is 10.3 Å². The van der Waals surface area contributed by atoms with Crippen molar-refractivity contribution in [2.75, 3.05) is 13.2 Å². The number of rotatable bonds is 4. The van der Waals surface area contributed by atoms with Gasteiger partial charge in [0.05, 0.1) is 12.9 Å². The first-order chi connectivity index (χ1) is 14.2. The number of hydrogen-bond acceptors (Lipinski definition) is 6. The lowest BCUT2D eigenvalue weighted by molar-refractivity contribution is -0.122. The van der Waals surface area contributed by atoms with Gasteiger partial charge in [0.1, 0.15) is 30.4 Å². The zero-order chi connectivity index (χ0) is 19.8. The average Bonchev–Trinajstić information content (AvgIpc) is 3.14. The fourth-order valence-corrected chi connectivity index (χ4v) is 3.33. The Balaban J connectivity index is 1.27. The highest BCUT2D eigenvalue weighted by Crippen LogP contribution is 2.30. The van der Waals surface area contributed by atoms with Gasteiger partial charge in [-0.1, -0.05) is 24.3 Å². The molecule has 29 heavy (non-hydrogen) atoms. The van der Waals surface area contributed by atoms with Crippen molar-refractivity contribution in [2.24, 2.45) is 0 Å². The summed E-state index contributed by atoms with van der Waals surface area (Å²) in [4.78, 5) is 29.3. The largest absolute Gasteiger partial charge is 0.486 e. The minimum atomic E-state index is -0.396. The van der Waals surface area contributed by atoms with E-state index in [9.17, 15) is 9.59 Å². The van der Waals surface area contributed by atoms with Crippen LogP contribution in [0.25, 0.3) is 22.1 Å². The van der Waals surface area contributed by atoms with Gasteiger partial charge in [0, 0.05) is 5.39 Å². The first-order valence-corrected chi connectivity index (χ1v) is 9.21. The summed E-state index contributed by atoms with van der Waals surface area (Å²) in [6.45, 7) is 0.439. The second-order valence-corrected chi connectivity index (χ2v) is 6.76. The molecule has 1 unspecified atom stereocenters. The molecule has 8 heteroatoms. The maximum Gasteiger partial charge on any atom is 0.297 e. The van der Waals surface area contributed by atoms with E-state index in [1.807, 2.05) is 42.5 Å². The number of aromatic nitrogens is 2. The lowest BCUT2D eigenvalue weighted by atomic mass is 10.2. The molecule has 1 atom stereocenters. The minimum absolute atomic E-state index is 0.141. The minimum Gasteiger partial charge on any atom is -0.486 e. The predicted octanol–water partition coefficient (Wildman–Crippen LogP) is 2.10. The van der Waals surface area contributed by atoms with Crippen molar-refractivity contribution in [3.63, 3.8) is 0 Å². The number of nitrogens with one attached hydrogen (secondary N) is 1. The predicted molar refractivity (Wildman–Crippen MR) is 105 cm³/mol. The standard InChI is InChI=1S/C21H17N3O5/c25-18(22-9-13-11-27-16-7-3-4-8-17(16)28-13)10-24-12-23-19-14-5-1-2-6-15(14)29-20(19)21(24)26/h1-8,12-13H,9-11H2,(H,22,25). The molecular weight excluding hydrogens is 374 g/mol. The van der Waals surface area contributed by atoms with E-state index in [1.54, 1.807) is 6.07 Å². The molecule has 1 aliphatic rings. The van der Waals surface area contributed by atoms with E-state index in [-0.39, 0.29) is 30.7 Å². The van der Waals surface area contributed by atoms with E-state index in [1.165, 1.54) is 10.9 Å². The smallest absolute Gasteiger partial charge is 0.297 e. The van der Waals surface area contributed by atoms with Crippen LogP contribution in [-0.4, -0.2) is 34.7 Å². The molecule has 0 saturated carbocycles. The first-order valence-electron chi connectivity index (χ1n) is 9.21. The van der Waals surface area contributed by atoms with Gasteiger partial charge < -0.3 is 19.2 Å². The molecule has 5 rings (SSSR count). The summed E-state index contributed by atoms with van der Waals surface area (Å²) in [6.07, 6.45) is 1.06. The number of ether oxygens (including phenoxy) is 2. The summed E-state index contributed by atoms with van der Waals surface area (Å²) in [5.74, 6) is 1.01. The molecule has 0 saturated heterocycles. The van der Waals surface area contributed by atoms with Crippen LogP contribution in [0, 0.1) is 0 Å². The molecule has 2 aromatic heterocycles. The topological polar surface area (TPSA) is 95.6 Å². The number of carbonyl (C=O) groups excluding carboxylic acids is 1. The molecule has 4 aromatic rings. The van der Waals surface area contributed by atoms with Crippen LogP contribution in [0.5, 0.6) is 11.5 Å². The number of carbonyl (C=O) groups is 1. The Morgan fingerprint density at radius 1 is 1.14 bits per heavy atom. The summed E-state index contributed by atoms with van der Waals surface area (Å²) >= 11 is 0. The molecule has 1 aliphatic heterocycles. The second kappa shape index (κ2) is 6.97. The Labute approximate surface area is 164 Å². The van der Waals surface area contributed by atoms with Gasteiger partial charge in [-0.2, -0.15) is 0 Å². The van der Waals surface area contributed by atoms with Gasteiger partial charge in [-0.15, -0.1) is 0 Å². The lowest BCUT2D eigenvalue weighted by Crippen LogP contribution is -2.42. The Morgan fingerprint density at radius 3 is 2.83 bits per heavy atom. The van der Waals surface area contributed by atoms with Crippen LogP contribution in [0.1, 0.15) is 0 Å². The number of para-hydroxylation sites is 3. The Bertz CT molecular complexity index is 1280. The molecule has 0 bridgehead atoms. The normalized spacial score (nSPS) is 15.5. The molecule has 1 amide bonds. The monoisotopic (exact) mass is 391 g/mol. The van der Waals surface area contributed by atoms with Crippen LogP contribution >= 0.6 is 0 Å². The average molecular weight is 391 g/mol. The van der Waals surface area contributed by atoms with Crippen molar-refractivity contribution < 1.29 is 18.7 Å². The zero-order valence-electron chi connectivity index (χ0n) is 15.3. The van der Waals surface area contributed by atoms with Crippen molar-refractivity contribution in [3.05, 3.63) is 65.2 Å². The molecule has 0 radical (unpaired) electrons. The number of amides is 1. The van der Waals surface area contributed by atoms with E-state index < -0.39 is 5.56 Å². The molecule has 0 spiro atoms.